The molecule has 1 aliphatic heterocycles. The van der Waals surface area contributed by atoms with E-state index in [0.717, 1.165) is 98.5 Å². The summed E-state index contributed by atoms with van der Waals surface area (Å²) in [4.78, 5) is 79.3. The number of hydrogen-bond donors (Lipinski definition) is 6. The molecule has 13 rings (SSSR count). The van der Waals surface area contributed by atoms with E-state index in [1.165, 1.54) is 45.8 Å². The lowest BCUT2D eigenvalue weighted by Crippen LogP contribution is -2.11. The van der Waals surface area contributed by atoms with Crippen LogP contribution in [-0.2, 0) is 31.9 Å². The van der Waals surface area contributed by atoms with Crippen molar-refractivity contribution >= 4 is 97.7 Å². The van der Waals surface area contributed by atoms with Crippen LogP contribution in [0.4, 0.5) is 48.1 Å². The predicted octanol–water partition coefficient (Wildman–Crippen LogP) is 20.3. The molecule has 1 aliphatic rings. The van der Waals surface area contributed by atoms with Crippen LogP contribution in [0.2, 0.25) is 5.15 Å². The third kappa shape index (κ3) is 28.3. The SMILES string of the molecule is CSc1cc(Cc2cnc(C)nc2N)c(C(C)C)cn1.Cc1cc(Cc2cnc(C)nc2N)c(C(C)C)cn1.Cc1ncc(Cc2cc(C(F)(F)F)ncc2C(C)C)c(N)n1.Cc1ncc(Cc2cc(C3N=NN=N3)ncc2C(C)C)c(N)n1.Cc1ncc(Sc2cc(Br)ncc2C(C)C)c(N)n1.Cc1ncc(Sc2cc(Cl)ncc2C(C)C)c(N)n1. The molecular weight excluding hydrogens is 1690 g/mol. The van der Waals surface area contributed by atoms with Crippen LogP contribution in [0.5, 0.6) is 0 Å². The maximum absolute atomic E-state index is 12.9. The zero-order valence-electron chi connectivity index (χ0n) is 72.2. The number of nitrogens with zero attached hydrogens (tertiary/aromatic N) is 22. The van der Waals surface area contributed by atoms with E-state index in [4.69, 9.17) is 46.0 Å². The van der Waals surface area contributed by atoms with Gasteiger partial charge in [-0.3, -0.25) is 15.0 Å². The summed E-state index contributed by atoms with van der Waals surface area (Å²) in [5, 5.41) is 16.4. The van der Waals surface area contributed by atoms with Crippen LogP contribution < -0.4 is 34.4 Å². The van der Waals surface area contributed by atoms with Gasteiger partial charge in [0.1, 0.15) is 85.3 Å². The standard InChI is InChI=1S/C15H17F3N4.C15H18N8.C15H20N4S.C15H20N4.C13H15BrN4S.C13H15ClN4S/c1-8(2)12-7-21-13(15(16,17)18)5-10(12)4-11-6-20-9(3)22-14(11)19;1-8(2)12-7-18-13(15-20-22-23-21-15)5-10(12)4-11-6-17-9(3)19-14(11)16;1-9(2)13-8-18-14(20-4)6-11(13)5-12-7-17-10(3)19-15(12)16;1-9(2)14-8-17-10(3)5-12(14)6-13-7-18-11(4)19-15(13)16;2*1-7(2)9-5-17-12(14)4-10(9)19-11-6-16-8(3)18-13(11)15/h5-8H,4H2,1-3H3,(H2,19,20,22);5-8,15H,4H2,1-3H3,(H2,16,17,19);6-9H,5H2,1-4H3,(H2,16,17,19);5,7-9H,6H2,1-4H3,(H2,16,18,19);2*4-7H,1-3H3,(H2,15,16,18). The number of thioether (sulfide) groups is 1. The van der Waals surface area contributed by atoms with Gasteiger partial charge in [0.2, 0.25) is 6.17 Å². The van der Waals surface area contributed by atoms with Crippen molar-refractivity contribution in [2.24, 2.45) is 20.7 Å². The van der Waals surface area contributed by atoms with E-state index >= 15 is 0 Å². The van der Waals surface area contributed by atoms with Crippen molar-refractivity contribution in [3.8, 4) is 0 Å². The number of pyridine rings is 6. The summed E-state index contributed by atoms with van der Waals surface area (Å²) in [6.45, 7) is 38.1. The number of rotatable bonds is 20. The minimum Gasteiger partial charge on any atom is -0.383 e. The minimum atomic E-state index is -4.47. The largest absolute Gasteiger partial charge is 0.433 e. The summed E-state index contributed by atoms with van der Waals surface area (Å²) >= 11 is 14.1. The summed E-state index contributed by atoms with van der Waals surface area (Å²) in [6, 6.07) is 11.2. The first-order chi connectivity index (χ1) is 57.6. The number of aromatic nitrogens is 18. The average molecular weight is 1800 g/mol. The molecule has 0 aliphatic carbocycles. The molecule has 36 heteroatoms. The molecule has 0 atom stereocenters. The lowest BCUT2D eigenvalue weighted by atomic mass is 9.94. The monoisotopic (exact) mass is 1800 g/mol. The Bertz CT molecular complexity index is 5380. The van der Waals surface area contributed by atoms with Gasteiger partial charge in [0.15, 0.2) is 0 Å². The van der Waals surface area contributed by atoms with Crippen LogP contribution in [0.25, 0.3) is 0 Å². The van der Waals surface area contributed by atoms with Gasteiger partial charge in [-0.25, -0.2) is 74.8 Å². The number of halogens is 5. The quantitative estimate of drug-likeness (QED) is 0.0305. The normalized spacial score (nSPS) is 11.8. The lowest BCUT2D eigenvalue weighted by molar-refractivity contribution is -0.141. The summed E-state index contributed by atoms with van der Waals surface area (Å²) in [5.41, 5.74) is 50.8. The van der Waals surface area contributed by atoms with Gasteiger partial charge in [-0.15, -0.1) is 22.0 Å². The molecule has 0 amide bonds. The molecule has 28 nitrogen and oxygen atoms in total. The van der Waals surface area contributed by atoms with Crippen LogP contribution in [-0.4, -0.2) is 96.0 Å². The Balaban J connectivity index is 0.000000182. The molecule has 12 aromatic heterocycles. The van der Waals surface area contributed by atoms with Crippen molar-refractivity contribution in [3.63, 3.8) is 0 Å². The van der Waals surface area contributed by atoms with E-state index < -0.39 is 18.0 Å². The number of hydrogen-bond acceptors (Lipinski definition) is 31. The highest BCUT2D eigenvalue weighted by Crippen LogP contribution is 2.40. The molecule has 0 spiro atoms. The van der Waals surface area contributed by atoms with Crippen molar-refractivity contribution in [2.45, 2.75) is 230 Å². The molecule has 0 saturated heterocycles. The second kappa shape index (κ2) is 44.7. The van der Waals surface area contributed by atoms with Gasteiger partial charge >= 0.3 is 6.18 Å². The van der Waals surface area contributed by atoms with Crippen LogP contribution in [0.1, 0.15) is 255 Å². The Hall–Kier alpha value is -11.0. The van der Waals surface area contributed by atoms with E-state index in [1.807, 2.05) is 117 Å². The number of aryl methyl sites for hydroxylation is 7. The summed E-state index contributed by atoms with van der Waals surface area (Å²) in [6.07, 6.45) is 20.7. The molecular formula is C86H105BrClF3N28S3. The van der Waals surface area contributed by atoms with Crippen LogP contribution in [0.15, 0.2) is 161 Å². The van der Waals surface area contributed by atoms with Gasteiger partial charge in [0.05, 0.1) is 20.5 Å². The molecule has 642 valence electrons. The number of anilines is 6. The van der Waals surface area contributed by atoms with Crippen LogP contribution >= 0.6 is 62.8 Å². The van der Waals surface area contributed by atoms with Crippen molar-refractivity contribution in [1.82, 2.24) is 89.7 Å². The van der Waals surface area contributed by atoms with Gasteiger partial charge in [0.25, 0.3) is 0 Å². The van der Waals surface area contributed by atoms with E-state index in [0.29, 0.717) is 116 Å². The zero-order valence-corrected chi connectivity index (χ0v) is 77.0. The van der Waals surface area contributed by atoms with E-state index in [2.05, 4.69) is 208 Å². The van der Waals surface area contributed by atoms with Gasteiger partial charge < -0.3 is 34.4 Å². The lowest BCUT2D eigenvalue weighted by Gasteiger charge is -2.15. The summed E-state index contributed by atoms with van der Waals surface area (Å²) < 4.78 is 39.4. The summed E-state index contributed by atoms with van der Waals surface area (Å²) in [5.74, 6) is 8.89. The number of alkyl halides is 3. The molecule has 13 heterocycles. The van der Waals surface area contributed by atoms with Gasteiger partial charge in [-0.2, -0.15) is 13.2 Å². The first-order valence-electron chi connectivity index (χ1n) is 39.1. The van der Waals surface area contributed by atoms with Crippen molar-refractivity contribution in [1.29, 1.82) is 0 Å². The molecule has 0 bridgehead atoms. The van der Waals surface area contributed by atoms with E-state index in [9.17, 15) is 13.2 Å². The fourth-order valence-corrected chi connectivity index (χ4v) is 15.4. The second-order valence-corrected chi connectivity index (χ2v) is 34.6. The van der Waals surface area contributed by atoms with E-state index in [-0.39, 0.29) is 18.2 Å². The van der Waals surface area contributed by atoms with Crippen molar-refractivity contribution < 1.29 is 13.2 Å². The molecule has 12 N–H and O–H groups in total. The molecule has 122 heavy (non-hydrogen) atoms. The van der Waals surface area contributed by atoms with Crippen molar-refractivity contribution in [3.05, 3.63) is 250 Å². The maximum atomic E-state index is 12.9. The molecule has 0 fully saturated rings. The Morgan fingerprint density at radius 2 is 0.680 bits per heavy atom. The summed E-state index contributed by atoms with van der Waals surface area (Å²) in [7, 11) is 0. The second-order valence-electron chi connectivity index (χ2n) is 30.4. The Kier molecular flexibility index (Phi) is 35.3. The maximum Gasteiger partial charge on any atom is 0.433 e. The molecule has 12 aromatic rings. The first kappa shape index (κ1) is 96.4. The average Bonchev–Trinajstić information content (AvgIpc) is 1.14. The first-order valence-corrected chi connectivity index (χ1v) is 43.2. The Morgan fingerprint density at radius 1 is 0.352 bits per heavy atom. The smallest absolute Gasteiger partial charge is 0.383 e. The van der Waals surface area contributed by atoms with Crippen LogP contribution in [0.3, 0.4) is 0 Å². The predicted molar refractivity (Wildman–Crippen MR) is 483 cm³/mol. The van der Waals surface area contributed by atoms with Gasteiger partial charge in [0, 0.05) is 138 Å². The molecule has 0 aromatic carbocycles. The Labute approximate surface area is 737 Å². The fourth-order valence-electron chi connectivity index (χ4n) is 12.2. The van der Waals surface area contributed by atoms with E-state index in [1.54, 1.807) is 61.4 Å². The van der Waals surface area contributed by atoms with Gasteiger partial charge in [-0.1, -0.05) is 118 Å². The number of nitrogen functional groups attached to an aromatic ring is 6. The molecule has 0 unspecified atom stereocenters. The zero-order chi connectivity index (χ0) is 89.6. The Morgan fingerprint density at radius 3 is 1.06 bits per heavy atom. The topological polar surface area (TPSA) is 438 Å². The molecule has 0 radical (unpaired) electrons. The highest BCUT2D eigenvalue weighted by atomic mass is 79.9. The number of nitrogens with two attached hydrogens (primary N) is 6. The van der Waals surface area contributed by atoms with Crippen molar-refractivity contribution in [2.75, 3.05) is 40.7 Å². The minimum absolute atomic E-state index is 0.0531. The van der Waals surface area contributed by atoms with Crippen LogP contribution in [0, 0.1) is 48.5 Å². The highest BCUT2D eigenvalue weighted by Gasteiger charge is 2.33. The fraction of sp³-hybridized carbons (Fsp3) is 0.372. The third-order valence-electron chi connectivity index (χ3n) is 18.7. The third-order valence-corrected chi connectivity index (χ3v) is 22.2. The van der Waals surface area contributed by atoms with Gasteiger partial charge in [-0.05, 0) is 209 Å². The molecule has 0 saturated carbocycles. The highest BCUT2D eigenvalue weighted by molar-refractivity contribution is 9.10.